The number of aromatic nitrogens is 4. The van der Waals surface area contributed by atoms with Gasteiger partial charge in [-0.15, -0.1) is 0 Å². The van der Waals surface area contributed by atoms with Crippen LogP contribution < -0.4 is 19.8 Å². The van der Waals surface area contributed by atoms with E-state index in [-0.39, 0.29) is 5.78 Å². The normalized spacial score (nSPS) is 13.1. The summed E-state index contributed by atoms with van der Waals surface area (Å²) in [6.45, 7) is 5.26. The number of Topliss-reactive ketones (excluding diaryl/α,β-unsaturated/α-hetero) is 1. The number of ketones is 1. The summed E-state index contributed by atoms with van der Waals surface area (Å²) in [4.78, 5) is 40.4. The molecule has 3 N–H and O–H groups in total. The number of carbonyl (C=O) groups is 1. The fourth-order valence-corrected chi connectivity index (χ4v) is 5.42. The van der Waals surface area contributed by atoms with Crippen LogP contribution in [0.1, 0.15) is 43.9 Å². The summed E-state index contributed by atoms with van der Waals surface area (Å²) in [6, 6.07) is 18.9. The molecule has 1 atom stereocenters. The number of H-pyrrole nitrogens is 1. The number of nitrogens with zero attached hydrogens (tertiary/aromatic N) is 4. The van der Waals surface area contributed by atoms with Crippen LogP contribution in [-0.4, -0.2) is 64.5 Å². The van der Waals surface area contributed by atoms with Crippen molar-refractivity contribution >= 4 is 17.4 Å². The number of ether oxygens (including phenoxy) is 1. The Hall–Kier alpha value is -4.57. The van der Waals surface area contributed by atoms with Gasteiger partial charge in [-0.3, -0.25) is 15.0 Å². The second kappa shape index (κ2) is 15.8. The number of rotatable bonds is 16. The Morgan fingerprint density at radius 1 is 1.05 bits per heavy atom. The van der Waals surface area contributed by atoms with E-state index in [0.29, 0.717) is 43.5 Å². The second-order valence-corrected chi connectivity index (χ2v) is 11.1. The number of anilines is 2. The number of benzene rings is 1. The molecule has 1 aliphatic heterocycles. The van der Waals surface area contributed by atoms with Gasteiger partial charge in [0.25, 0.3) is 0 Å². The van der Waals surface area contributed by atoms with Crippen LogP contribution in [0, 0.1) is 4.91 Å². The highest BCUT2D eigenvalue weighted by Crippen LogP contribution is 2.20. The summed E-state index contributed by atoms with van der Waals surface area (Å²) in [5.74, 6) is 1.92. The second-order valence-electron chi connectivity index (χ2n) is 11.1. The fraction of sp³-hybridized carbons (Fsp3) is 0.382. The van der Waals surface area contributed by atoms with Gasteiger partial charge >= 0.3 is 5.82 Å². The highest BCUT2D eigenvalue weighted by atomic mass is 16.5. The number of hydrogen-bond acceptors (Lipinski definition) is 8. The van der Waals surface area contributed by atoms with E-state index in [4.69, 9.17) is 9.72 Å². The predicted molar refractivity (Wildman–Crippen MR) is 172 cm³/mol. The standard InChI is InChI=1S/C34H42N7O3/c1-26(42)30(39-32-25-35-24-31(41(32)43)27-10-3-2-4-11-27)17-21-40(22-23-44-33-14-5-7-18-36-33)20-8-6-13-29-16-15-28-12-9-19-37-34(28)38-29/h2-5,7,10-11,14-16,18,24-25,30,39H,6,8-9,12-13,17,19-23H2,1H3,(H,35,43)(H,37,38)/q+1/t30-/m0/s1. The Labute approximate surface area is 258 Å². The molecule has 10 nitrogen and oxygen atoms in total. The summed E-state index contributed by atoms with van der Waals surface area (Å²) >= 11 is 0. The molecular formula is C34H42N7O3+. The SMILES string of the molecule is CC(=O)[C@H](CCN(CCCCc1ccc2c(n1)NCCC2)CCOc1ccccn1)Nc1c[nH]cc(-c2ccccc2)[n+]1=O. The van der Waals surface area contributed by atoms with Crippen molar-refractivity contribution in [2.24, 2.45) is 0 Å². The van der Waals surface area contributed by atoms with Crippen molar-refractivity contribution in [1.29, 1.82) is 0 Å². The average Bonchev–Trinajstić information content (AvgIpc) is 3.06. The minimum atomic E-state index is -0.513. The van der Waals surface area contributed by atoms with Gasteiger partial charge < -0.3 is 15.0 Å². The van der Waals surface area contributed by atoms with E-state index >= 15 is 0 Å². The molecule has 10 heteroatoms. The van der Waals surface area contributed by atoms with Gasteiger partial charge in [-0.05, 0) is 63.3 Å². The summed E-state index contributed by atoms with van der Waals surface area (Å²) in [6.07, 6.45) is 10.7. The minimum absolute atomic E-state index is 0.0214. The monoisotopic (exact) mass is 596 g/mol. The van der Waals surface area contributed by atoms with E-state index in [1.165, 1.54) is 5.56 Å². The van der Waals surface area contributed by atoms with E-state index in [9.17, 15) is 9.70 Å². The molecule has 0 spiro atoms. The summed E-state index contributed by atoms with van der Waals surface area (Å²) in [5.41, 5.74) is 3.70. The van der Waals surface area contributed by atoms with E-state index in [1.54, 1.807) is 25.5 Å². The molecule has 4 aromatic rings. The molecule has 0 saturated heterocycles. The van der Waals surface area contributed by atoms with Crippen molar-refractivity contribution in [1.82, 2.24) is 19.9 Å². The van der Waals surface area contributed by atoms with Gasteiger partial charge in [0.1, 0.15) is 12.4 Å². The lowest BCUT2D eigenvalue weighted by molar-refractivity contribution is -0.466. The molecule has 1 aromatic carbocycles. The lowest BCUT2D eigenvalue weighted by atomic mass is 10.1. The maximum atomic E-state index is 13.2. The van der Waals surface area contributed by atoms with Gasteiger partial charge in [-0.2, -0.15) is 0 Å². The van der Waals surface area contributed by atoms with Gasteiger partial charge in [0, 0.05) is 54.0 Å². The van der Waals surface area contributed by atoms with E-state index in [0.717, 1.165) is 66.7 Å². The largest absolute Gasteiger partial charge is 0.476 e. The molecule has 0 saturated carbocycles. The van der Waals surface area contributed by atoms with Crippen molar-refractivity contribution in [2.75, 3.05) is 43.4 Å². The molecule has 0 bridgehead atoms. The average molecular weight is 597 g/mol. The zero-order valence-corrected chi connectivity index (χ0v) is 25.4. The van der Waals surface area contributed by atoms with Gasteiger partial charge in [-0.1, -0.05) is 47.4 Å². The topological polar surface area (TPSA) is 118 Å². The minimum Gasteiger partial charge on any atom is -0.476 e. The number of nitrogens with one attached hydrogen (secondary N) is 3. The molecule has 44 heavy (non-hydrogen) atoms. The Morgan fingerprint density at radius 2 is 1.91 bits per heavy atom. The summed E-state index contributed by atoms with van der Waals surface area (Å²) in [7, 11) is 0. The molecule has 3 aromatic heterocycles. The fourth-order valence-electron chi connectivity index (χ4n) is 5.42. The first-order chi connectivity index (χ1) is 21.6. The van der Waals surface area contributed by atoms with E-state index in [1.807, 2.05) is 48.5 Å². The Kier molecular flexibility index (Phi) is 11.1. The van der Waals surface area contributed by atoms with Crippen molar-refractivity contribution in [2.45, 2.75) is 51.5 Å². The highest BCUT2D eigenvalue weighted by molar-refractivity contribution is 5.83. The molecule has 0 aliphatic carbocycles. The van der Waals surface area contributed by atoms with Crippen LogP contribution >= 0.6 is 0 Å². The van der Waals surface area contributed by atoms with Crippen molar-refractivity contribution in [3.05, 3.63) is 95.4 Å². The third-order valence-corrected chi connectivity index (χ3v) is 7.90. The quantitative estimate of drug-likeness (QED) is 0.123. The Bertz CT molecular complexity index is 1550. The molecule has 230 valence electrons. The first-order valence-corrected chi connectivity index (χ1v) is 15.5. The van der Waals surface area contributed by atoms with Gasteiger partial charge in [0.2, 0.25) is 11.6 Å². The van der Waals surface area contributed by atoms with Crippen molar-refractivity contribution in [3.8, 4) is 17.1 Å². The lowest BCUT2D eigenvalue weighted by Gasteiger charge is -2.23. The molecule has 1 aliphatic rings. The Balaban J connectivity index is 1.19. The van der Waals surface area contributed by atoms with Crippen molar-refractivity contribution in [3.63, 3.8) is 0 Å². The zero-order chi connectivity index (χ0) is 30.6. The molecule has 0 fully saturated rings. The lowest BCUT2D eigenvalue weighted by Crippen LogP contribution is -2.38. The van der Waals surface area contributed by atoms with Gasteiger partial charge in [0.05, 0.1) is 12.4 Å². The summed E-state index contributed by atoms with van der Waals surface area (Å²) < 4.78 is 6.72. The maximum Gasteiger partial charge on any atom is 0.336 e. The van der Waals surface area contributed by atoms with Crippen LogP contribution in [0.3, 0.4) is 0 Å². The first kappa shape index (κ1) is 30.9. The number of aromatic amines is 1. The third kappa shape index (κ3) is 8.73. The number of unbranched alkanes of at least 4 members (excludes halogenated alkanes) is 1. The van der Waals surface area contributed by atoms with Gasteiger partial charge in [0.15, 0.2) is 11.8 Å². The van der Waals surface area contributed by atoms with Crippen LogP contribution in [0.4, 0.5) is 11.6 Å². The number of aryl methyl sites for hydroxylation is 2. The van der Waals surface area contributed by atoms with Crippen LogP contribution in [0.2, 0.25) is 0 Å². The molecule has 0 amide bonds. The van der Waals surface area contributed by atoms with E-state index < -0.39 is 6.04 Å². The number of carbonyl (C=O) groups excluding carboxylic acids is 1. The van der Waals surface area contributed by atoms with E-state index in [2.05, 4.69) is 37.6 Å². The molecule has 0 unspecified atom stereocenters. The van der Waals surface area contributed by atoms with Gasteiger partial charge in [-0.25, -0.2) is 9.97 Å². The third-order valence-electron chi connectivity index (χ3n) is 7.90. The number of pyridine rings is 2. The van der Waals surface area contributed by atoms with Crippen LogP contribution in [0.25, 0.3) is 11.3 Å². The van der Waals surface area contributed by atoms with Crippen molar-refractivity contribution < 1.29 is 14.0 Å². The molecule has 4 heterocycles. The molecular weight excluding hydrogens is 554 g/mol. The van der Waals surface area contributed by atoms with Crippen LogP contribution in [0.15, 0.2) is 79.3 Å². The maximum absolute atomic E-state index is 13.2. The highest BCUT2D eigenvalue weighted by Gasteiger charge is 2.24. The Morgan fingerprint density at radius 3 is 2.73 bits per heavy atom. The number of fused-ring (bicyclic) bond motifs is 1. The smallest absolute Gasteiger partial charge is 0.336 e. The zero-order valence-electron chi connectivity index (χ0n) is 25.4. The molecule has 5 rings (SSSR count). The first-order valence-electron chi connectivity index (χ1n) is 15.5. The van der Waals surface area contributed by atoms with Crippen LogP contribution in [0.5, 0.6) is 5.88 Å². The number of hydrogen-bond donors (Lipinski definition) is 3. The summed E-state index contributed by atoms with van der Waals surface area (Å²) in [5, 5.41) is 6.62. The molecule has 0 radical (unpaired) electrons. The van der Waals surface area contributed by atoms with Crippen LogP contribution in [-0.2, 0) is 17.6 Å². The predicted octanol–water partition coefficient (Wildman–Crippen LogP) is 4.91.